The van der Waals surface area contributed by atoms with Gasteiger partial charge in [-0.3, -0.25) is 4.90 Å². The van der Waals surface area contributed by atoms with E-state index in [1.165, 1.54) is 4.90 Å². The number of anilines is 1. The molecule has 0 atom stereocenters. The molecule has 0 saturated carbocycles. The van der Waals surface area contributed by atoms with Crippen LogP contribution in [0.15, 0.2) is 54.6 Å². The van der Waals surface area contributed by atoms with Gasteiger partial charge in [-0.1, -0.05) is 42.5 Å². The van der Waals surface area contributed by atoms with Crippen molar-refractivity contribution in [1.82, 2.24) is 0 Å². The van der Waals surface area contributed by atoms with Gasteiger partial charge in [0.15, 0.2) is 0 Å². The van der Waals surface area contributed by atoms with E-state index in [0.717, 1.165) is 11.1 Å². The number of rotatable bonds is 3. The first-order valence-corrected chi connectivity index (χ1v) is 5.88. The summed E-state index contributed by atoms with van der Waals surface area (Å²) in [6, 6.07) is 17.6. The average molecular weight is 241 g/mol. The van der Waals surface area contributed by atoms with Crippen molar-refractivity contribution in [3.63, 3.8) is 0 Å². The Morgan fingerprint density at radius 1 is 1.00 bits per heavy atom. The number of benzene rings is 2. The summed E-state index contributed by atoms with van der Waals surface area (Å²) in [5.41, 5.74) is 2.91. The van der Waals surface area contributed by atoms with Crippen LogP contribution in [-0.2, 0) is 0 Å². The van der Waals surface area contributed by atoms with Crippen molar-refractivity contribution >= 4 is 11.8 Å². The van der Waals surface area contributed by atoms with Crippen LogP contribution in [0.25, 0.3) is 11.1 Å². The summed E-state index contributed by atoms with van der Waals surface area (Å²) in [5, 5.41) is 9.04. The highest BCUT2D eigenvalue weighted by molar-refractivity contribution is 5.86. The van der Waals surface area contributed by atoms with Crippen molar-refractivity contribution < 1.29 is 9.90 Å². The lowest BCUT2D eigenvalue weighted by atomic mass is 10.1. The lowest BCUT2D eigenvalue weighted by Crippen LogP contribution is -2.28. The molecule has 0 radical (unpaired) electrons. The molecule has 2 rings (SSSR count). The van der Waals surface area contributed by atoms with E-state index in [9.17, 15) is 4.79 Å². The topological polar surface area (TPSA) is 40.5 Å². The second kappa shape index (κ2) is 5.36. The van der Waals surface area contributed by atoms with Crippen molar-refractivity contribution in [2.24, 2.45) is 0 Å². The number of carboxylic acid groups (broad SMARTS) is 1. The lowest BCUT2D eigenvalue weighted by molar-refractivity contribution is 0.202. The zero-order valence-corrected chi connectivity index (χ0v) is 10.2. The molecule has 0 aromatic heterocycles. The molecule has 0 aliphatic heterocycles. The first kappa shape index (κ1) is 12.2. The highest BCUT2D eigenvalue weighted by Crippen LogP contribution is 2.22. The molecule has 0 aliphatic carbocycles. The average Bonchev–Trinajstić information content (AvgIpc) is 2.41. The molecule has 2 aromatic rings. The fourth-order valence-electron chi connectivity index (χ4n) is 1.89. The van der Waals surface area contributed by atoms with Crippen molar-refractivity contribution in [3.05, 3.63) is 54.6 Å². The number of hydrogen-bond donors (Lipinski definition) is 1. The third kappa shape index (κ3) is 2.51. The number of nitrogens with zero attached hydrogens (tertiary/aromatic N) is 1. The molecule has 2 aromatic carbocycles. The Morgan fingerprint density at radius 3 is 2.06 bits per heavy atom. The van der Waals surface area contributed by atoms with Crippen LogP contribution in [0.1, 0.15) is 6.92 Å². The minimum Gasteiger partial charge on any atom is -0.465 e. The van der Waals surface area contributed by atoms with E-state index in [2.05, 4.69) is 0 Å². The number of carbonyl (C=O) groups is 1. The molecule has 0 saturated heterocycles. The largest absolute Gasteiger partial charge is 0.465 e. The van der Waals surface area contributed by atoms with Crippen LogP contribution in [0.5, 0.6) is 0 Å². The monoisotopic (exact) mass is 241 g/mol. The molecule has 0 bridgehead atoms. The number of hydrogen-bond acceptors (Lipinski definition) is 1. The molecule has 0 heterocycles. The van der Waals surface area contributed by atoms with E-state index >= 15 is 0 Å². The van der Waals surface area contributed by atoms with E-state index < -0.39 is 6.09 Å². The molecule has 3 heteroatoms. The lowest BCUT2D eigenvalue weighted by Gasteiger charge is -2.17. The van der Waals surface area contributed by atoms with Crippen LogP contribution in [0, 0.1) is 0 Å². The van der Waals surface area contributed by atoms with Crippen LogP contribution >= 0.6 is 0 Å². The molecule has 18 heavy (non-hydrogen) atoms. The van der Waals surface area contributed by atoms with Gasteiger partial charge in [0.25, 0.3) is 0 Å². The molecular formula is C15H15NO2. The highest BCUT2D eigenvalue weighted by Gasteiger charge is 2.11. The maximum atomic E-state index is 11.0. The SMILES string of the molecule is CCN(C(=O)O)c1ccc(-c2ccccc2)cc1. The fourth-order valence-corrected chi connectivity index (χ4v) is 1.89. The van der Waals surface area contributed by atoms with Gasteiger partial charge >= 0.3 is 6.09 Å². The van der Waals surface area contributed by atoms with Gasteiger partial charge in [0, 0.05) is 12.2 Å². The Labute approximate surface area is 106 Å². The van der Waals surface area contributed by atoms with Gasteiger partial charge in [-0.05, 0) is 30.2 Å². The Kier molecular flexibility index (Phi) is 3.63. The van der Waals surface area contributed by atoms with Gasteiger partial charge in [0.05, 0.1) is 0 Å². The summed E-state index contributed by atoms with van der Waals surface area (Å²) in [5.74, 6) is 0. The predicted molar refractivity (Wildman–Crippen MR) is 72.9 cm³/mol. The second-order valence-electron chi connectivity index (χ2n) is 3.94. The smallest absolute Gasteiger partial charge is 0.411 e. The van der Waals surface area contributed by atoms with Gasteiger partial charge in [-0.15, -0.1) is 0 Å². The van der Waals surface area contributed by atoms with Crippen molar-refractivity contribution in [2.75, 3.05) is 11.4 Å². The minimum absolute atomic E-state index is 0.444. The number of amides is 1. The van der Waals surface area contributed by atoms with Crippen LogP contribution < -0.4 is 4.90 Å². The molecule has 0 aliphatic rings. The Morgan fingerprint density at radius 2 is 1.56 bits per heavy atom. The fraction of sp³-hybridized carbons (Fsp3) is 0.133. The normalized spacial score (nSPS) is 10.1. The third-order valence-electron chi connectivity index (χ3n) is 2.83. The van der Waals surface area contributed by atoms with Crippen LogP contribution in [-0.4, -0.2) is 17.7 Å². The quantitative estimate of drug-likeness (QED) is 0.886. The molecular weight excluding hydrogens is 226 g/mol. The summed E-state index contributed by atoms with van der Waals surface area (Å²) in [6.45, 7) is 2.26. The summed E-state index contributed by atoms with van der Waals surface area (Å²) in [4.78, 5) is 12.3. The zero-order chi connectivity index (χ0) is 13.0. The molecule has 0 unspecified atom stereocenters. The molecule has 1 amide bonds. The van der Waals surface area contributed by atoms with E-state index in [1.807, 2.05) is 61.5 Å². The van der Waals surface area contributed by atoms with Crippen molar-refractivity contribution in [3.8, 4) is 11.1 Å². The first-order valence-electron chi connectivity index (χ1n) is 5.88. The maximum Gasteiger partial charge on any atom is 0.411 e. The predicted octanol–water partition coefficient (Wildman–Crippen LogP) is 3.86. The molecule has 3 nitrogen and oxygen atoms in total. The zero-order valence-electron chi connectivity index (χ0n) is 10.2. The minimum atomic E-state index is -0.926. The van der Waals surface area contributed by atoms with Gasteiger partial charge in [0.1, 0.15) is 0 Å². The maximum absolute atomic E-state index is 11.0. The summed E-state index contributed by atoms with van der Waals surface area (Å²) in [6.07, 6.45) is -0.926. The van der Waals surface area contributed by atoms with E-state index in [-0.39, 0.29) is 0 Å². The Bertz CT molecular complexity index is 520. The van der Waals surface area contributed by atoms with Crippen LogP contribution in [0.3, 0.4) is 0 Å². The van der Waals surface area contributed by atoms with Crippen LogP contribution in [0.4, 0.5) is 10.5 Å². The van der Waals surface area contributed by atoms with Crippen LogP contribution in [0.2, 0.25) is 0 Å². The third-order valence-corrected chi connectivity index (χ3v) is 2.83. The summed E-state index contributed by atoms with van der Waals surface area (Å²) >= 11 is 0. The van der Waals surface area contributed by atoms with Crippen molar-refractivity contribution in [2.45, 2.75) is 6.92 Å². The van der Waals surface area contributed by atoms with Gasteiger partial charge in [0.2, 0.25) is 0 Å². The highest BCUT2D eigenvalue weighted by atomic mass is 16.4. The summed E-state index contributed by atoms with van der Waals surface area (Å²) in [7, 11) is 0. The Balaban J connectivity index is 2.28. The second-order valence-corrected chi connectivity index (χ2v) is 3.94. The molecule has 0 spiro atoms. The van der Waals surface area contributed by atoms with Gasteiger partial charge in [-0.2, -0.15) is 0 Å². The summed E-state index contributed by atoms with van der Waals surface area (Å²) < 4.78 is 0. The van der Waals surface area contributed by atoms with E-state index in [0.29, 0.717) is 12.2 Å². The van der Waals surface area contributed by atoms with Gasteiger partial charge in [-0.25, -0.2) is 4.79 Å². The van der Waals surface area contributed by atoms with Gasteiger partial charge < -0.3 is 5.11 Å². The van der Waals surface area contributed by atoms with E-state index in [4.69, 9.17) is 5.11 Å². The Hall–Kier alpha value is -2.29. The standard InChI is InChI=1S/C15H15NO2/c1-2-16(15(17)18)14-10-8-13(9-11-14)12-6-4-3-5-7-12/h3-11H,2H2,1H3,(H,17,18). The molecule has 1 N–H and O–H groups in total. The van der Waals surface area contributed by atoms with E-state index in [1.54, 1.807) is 0 Å². The molecule has 92 valence electrons. The molecule has 0 fully saturated rings. The first-order chi connectivity index (χ1) is 8.72. The van der Waals surface area contributed by atoms with Crippen molar-refractivity contribution in [1.29, 1.82) is 0 Å².